The minimum absolute atomic E-state index is 0.0875. The maximum absolute atomic E-state index is 12.2. The van der Waals surface area contributed by atoms with Crippen LogP contribution in [0.4, 0.5) is 13.2 Å². The molecule has 150 valence electrons. The third kappa shape index (κ3) is 4.73. The van der Waals surface area contributed by atoms with E-state index < -0.39 is 21.8 Å². The molecule has 0 unspecified atom stereocenters. The zero-order valence-electron chi connectivity index (χ0n) is 14.6. The van der Waals surface area contributed by atoms with E-state index in [1.165, 1.54) is 42.6 Å². The average Bonchev–Trinajstić information content (AvgIpc) is 2.96. The van der Waals surface area contributed by atoms with Crippen LogP contribution in [-0.2, 0) is 20.3 Å². The maximum Gasteiger partial charge on any atom is 0.573 e. The van der Waals surface area contributed by atoms with Crippen molar-refractivity contribution in [2.24, 2.45) is 0 Å². The molecule has 7 nitrogen and oxygen atoms in total. The molecule has 0 saturated carbocycles. The highest BCUT2D eigenvalue weighted by atomic mass is 32.2. The maximum atomic E-state index is 12.2. The Kier molecular flexibility index (Phi) is 4.98. The van der Waals surface area contributed by atoms with Crippen molar-refractivity contribution < 1.29 is 35.9 Å². The number of alkyl halides is 3. The van der Waals surface area contributed by atoms with Crippen LogP contribution < -0.4 is 15.0 Å². The Balaban J connectivity index is 1.73. The van der Waals surface area contributed by atoms with Crippen LogP contribution in [0, 0.1) is 0 Å². The summed E-state index contributed by atoms with van der Waals surface area (Å²) < 4.78 is 68.9. The minimum atomic E-state index is -4.77. The first-order valence-corrected chi connectivity index (χ1v) is 9.71. The Hall–Kier alpha value is -2.79. The molecule has 1 aromatic heterocycles. The van der Waals surface area contributed by atoms with Gasteiger partial charge in [-0.05, 0) is 36.8 Å². The SMILES string of the molecule is C[C@]1(c2ccc(OC(F)(F)F)cc2)C=C(Oc2ccc(S(C)(=O)=O)nc2)NO1. The summed E-state index contributed by atoms with van der Waals surface area (Å²) in [5.41, 5.74) is 2.12. The number of hydrogen-bond acceptors (Lipinski definition) is 7. The molecule has 28 heavy (non-hydrogen) atoms. The van der Waals surface area contributed by atoms with E-state index in [1.54, 1.807) is 13.0 Å². The first kappa shape index (κ1) is 20.0. The van der Waals surface area contributed by atoms with Gasteiger partial charge in [-0.3, -0.25) is 4.84 Å². The van der Waals surface area contributed by atoms with Crippen molar-refractivity contribution in [2.45, 2.75) is 23.9 Å². The molecule has 0 radical (unpaired) electrons. The molecule has 1 aromatic carbocycles. The van der Waals surface area contributed by atoms with Crippen LogP contribution in [0.5, 0.6) is 11.5 Å². The van der Waals surface area contributed by atoms with Crippen LogP contribution in [0.3, 0.4) is 0 Å². The number of pyridine rings is 1. The van der Waals surface area contributed by atoms with Crippen LogP contribution in [0.25, 0.3) is 0 Å². The van der Waals surface area contributed by atoms with Gasteiger partial charge >= 0.3 is 6.36 Å². The van der Waals surface area contributed by atoms with Crippen molar-refractivity contribution in [3.05, 3.63) is 60.1 Å². The molecule has 2 aromatic rings. The minimum Gasteiger partial charge on any atom is -0.438 e. The predicted octanol–water partition coefficient (Wildman–Crippen LogP) is 3.05. The number of benzene rings is 1. The van der Waals surface area contributed by atoms with E-state index in [9.17, 15) is 21.6 Å². The molecule has 1 aliphatic heterocycles. The summed E-state index contributed by atoms with van der Waals surface area (Å²) in [5, 5.41) is -0.0875. The lowest BCUT2D eigenvalue weighted by Crippen LogP contribution is -2.23. The molecule has 0 bridgehead atoms. The van der Waals surface area contributed by atoms with Crippen LogP contribution in [0.2, 0.25) is 0 Å². The fraction of sp³-hybridized carbons (Fsp3) is 0.235. The molecule has 1 atom stereocenters. The number of sulfone groups is 1. The lowest BCUT2D eigenvalue weighted by atomic mass is 9.96. The second-order valence-corrected chi connectivity index (χ2v) is 8.06. The lowest BCUT2D eigenvalue weighted by molar-refractivity contribution is -0.274. The number of rotatable bonds is 5. The summed E-state index contributed by atoms with van der Waals surface area (Å²) in [5.74, 6) is 0.142. The van der Waals surface area contributed by atoms with Gasteiger partial charge < -0.3 is 9.47 Å². The normalized spacial score (nSPS) is 19.7. The third-order valence-electron chi connectivity index (χ3n) is 3.75. The van der Waals surface area contributed by atoms with Gasteiger partial charge in [0.05, 0.1) is 6.20 Å². The fourth-order valence-corrected chi connectivity index (χ4v) is 2.98. The van der Waals surface area contributed by atoms with Gasteiger partial charge in [0, 0.05) is 12.3 Å². The van der Waals surface area contributed by atoms with Gasteiger partial charge in [-0.2, -0.15) is 0 Å². The summed E-state index contributed by atoms with van der Waals surface area (Å²) >= 11 is 0. The van der Waals surface area contributed by atoms with Crippen LogP contribution >= 0.6 is 0 Å². The Bertz CT molecular complexity index is 989. The zero-order valence-corrected chi connectivity index (χ0v) is 15.5. The molecular formula is C17H15F3N2O5S. The Labute approximate surface area is 158 Å². The van der Waals surface area contributed by atoms with E-state index in [1.807, 2.05) is 0 Å². The molecule has 2 heterocycles. The van der Waals surface area contributed by atoms with Crippen molar-refractivity contribution >= 4 is 9.84 Å². The smallest absolute Gasteiger partial charge is 0.438 e. The highest BCUT2D eigenvalue weighted by Crippen LogP contribution is 2.33. The first-order chi connectivity index (χ1) is 12.9. The third-order valence-corrected chi connectivity index (χ3v) is 4.75. The van der Waals surface area contributed by atoms with Crippen molar-refractivity contribution in [3.63, 3.8) is 0 Å². The second-order valence-electron chi connectivity index (χ2n) is 6.10. The number of ether oxygens (including phenoxy) is 2. The van der Waals surface area contributed by atoms with E-state index in [-0.39, 0.29) is 22.4 Å². The Morgan fingerprint density at radius 3 is 2.29 bits per heavy atom. The molecule has 11 heteroatoms. The predicted molar refractivity (Wildman–Crippen MR) is 90.8 cm³/mol. The van der Waals surface area contributed by atoms with Crippen LogP contribution in [-0.4, -0.2) is 26.0 Å². The van der Waals surface area contributed by atoms with Gasteiger partial charge in [0.2, 0.25) is 5.88 Å². The number of halogens is 3. The summed E-state index contributed by atoms with van der Waals surface area (Å²) in [6.45, 7) is 1.68. The number of hydroxylamine groups is 1. The van der Waals surface area contributed by atoms with Gasteiger partial charge in [-0.25, -0.2) is 18.9 Å². The van der Waals surface area contributed by atoms with Gasteiger partial charge in [0.25, 0.3) is 0 Å². The molecule has 3 rings (SSSR count). The summed E-state index contributed by atoms with van der Waals surface area (Å²) in [7, 11) is -3.42. The number of nitrogens with zero attached hydrogens (tertiary/aromatic N) is 1. The number of hydrogen-bond donors (Lipinski definition) is 1. The average molecular weight is 416 g/mol. The van der Waals surface area contributed by atoms with Crippen molar-refractivity contribution in [1.82, 2.24) is 10.5 Å². The van der Waals surface area contributed by atoms with E-state index in [0.717, 1.165) is 6.26 Å². The molecule has 1 aliphatic rings. The zero-order chi connectivity index (χ0) is 20.6. The van der Waals surface area contributed by atoms with Crippen LogP contribution in [0.1, 0.15) is 12.5 Å². The largest absolute Gasteiger partial charge is 0.573 e. The lowest BCUT2D eigenvalue weighted by Gasteiger charge is -2.20. The van der Waals surface area contributed by atoms with Crippen molar-refractivity contribution in [1.29, 1.82) is 0 Å². The molecular weight excluding hydrogens is 401 g/mol. The molecule has 0 fully saturated rings. The standard InChI is InChI=1S/C17H15F3N2O5S/c1-16(11-3-5-12(6-4-11)26-17(18,19)20)9-14(22-27-16)25-13-7-8-15(21-10-13)28(2,23)24/h3-10,22H,1-2H3/t16-/m1/s1. The van der Waals surface area contributed by atoms with Crippen molar-refractivity contribution in [3.8, 4) is 11.5 Å². The fourth-order valence-electron chi connectivity index (χ4n) is 2.42. The van der Waals surface area contributed by atoms with Crippen molar-refractivity contribution in [2.75, 3.05) is 6.26 Å². The number of aromatic nitrogens is 1. The summed E-state index contributed by atoms with van der Waals surface area (Å²) in [6, 6.07) is 7.97. The van der Waals surface area contributed by atoms with E-state index >= 15 is 0 Å². The highest BCUT2D eigenvalue weighted by molar-refractivity contribution is 7.90. The van der Waals surface area contributed by atoms with Crippen LogP contribution in [0.15, 0.2) is 59.6 Å². The topological polar surface area (TPSA) is 86.8 Å². The molecule has 0 spiro atoms. The van der Waals surface area contributed by atoms with E-state index in [0.29, 0.717) is 5.56 Å². The molecule has 0 amide bonds. The second kappa shape index (κ2) is 6.99. The van der Waals surface area contributed by atoms with E-state index in [4.69, 9.17) is 9.57 Å². The summed E-state index contributed by atoms with van der Waals surface area (Å²) in [4.78, 5) is 9.29. The Morgan fingerprint density at radius 2 is 1.75 bits per heavy atom. The molecule has 1 N–H and O–H groups in total. The van der Waals surface area contributed by atoms with Gasteiger partial charge in [-0.1, -0.05) is 12.1 Å². The van der Waals surface area contributed by atoms with E-state index in [2.05, 4.69) is 15.2 Å². The summed E-state index contributed by atoms with van der Waals surface area (Å²) in [6.07, 6.45) is -0.894. The highest BCUT2D eigenvalue weighted by Gasteiger charge is 2.34. The van der Waals surface area contributed by atoms with Gasteiger partial charge in [0.15, 0.2) is 14.9 Å². The molecule has 0 saturated heterocycles. The molecule has 0 aliphatic carbocycles. The van der Waals surface area contributed by atoms with Gasteiger partial charge in [-0.15, -0.1) is 13.2 Å². The monoisotopic (exact) mass is 416 g/mol. The van der Waals surface area contributed by atoms with Gasteiger partial charge in [0.1, 0.15) is 17.1 Å². The first-order valence-electron chi connectivity index (χ1n) is 7.82. The Morgan fingerprint density at radius 1 is 1.11 bits per heavy atom. The number of nitrogens with one attached hydrogen (secondary N) is 1. The quantitative estimate of drug-likeness (QED) is 0.802.